The second-order valence-electron chi connectivity index (χ2n) is 4.37. The van der Waals surface area contributed by atoms with Crippen LogP contribution in [0, 0.1) is 0 Å². The van der Waals surface area contributed by atoms with Gasteiger partial charge in [-0.05, 0) is 26.2 Å². The van der Waals surface area contributed by atoms with Gasteiger partial charge in [-0.25, -0.2) is 0 Å². The van der Waals surface area contributed by atoms with E-state index in [-0.39, 0.29) is 12.5 Å². The molecular formula is C11H24N2O2. The average molecular weight is 216 g/mol. The molecule has 4 N–H and O–H groups in total. The Morgan fingerprint density at radius 1 is 1.27 bits per heavy atom. The molecule has 0 fully saturated rings. The van der Waals surface area contributed by atoms with Gasteiger partial charge in [0.15, 0.2) is 0 Å². The number of amides is 1. The van der Waals surface area contributed by atoms with Crippen molar-refractivity contribution in [2.45, 2.75) is 58.0 Å². The molecule has 1 atom stereocenters. The van der Waals surface area contributed by atoms with Crippen LogP contribution in [-0.2, 0) is 4.79 Å². The van der Waals surface area contributed by atoms with E-state index < -0.39 is 11.1 Å². The van der Waals surface area contributed by atoms with Gasteiger partial charge in [-0.2, -0.15) is 0 Å². The predicted molar refractivity (Wildman–Crippen MR) is 61.4 cm³/mol. The summed E-state index contributed by atoms with van der Waals surface area (Å²) < 4.78 is 0. The highest BCUT2D eigenvalue weighted by Gasteiger charge is 2.33. The SMILES string of the molecule is CCC(CC)(CO)NC(=O)C(C)(N)CC. The average Bonchev–Trinajstić information content (AvgIpc) is 2.25. The van der Waals surface area contributed by atoms with Crippen molar-refractivity contribution in [3.05, 3.63) is 0 Å². The smallest absolute Gasteiger partial charge is 0.240 e. The number of aliphatic hydroxyl groups is 1. The molecule has 0 heterocycles. The van der Waals surface area contributed by atoms with E-state index in [9.17, 15) is 9.90 Å². The zero-order valence-corrected chi connectivity index (χ0v) is 10.3. The summed E-state index contributed by atoms with van der Waals surface area (Å²) in [5.41, 5.74) is 4.46. The Balaban J connectivity index is 4.62. The number of carbonyl (C=O) groups excluding carboxylic acids is 1. The molecule has 0 aliphatic carbocycles. The molecule has 1 amide bonds. The fourth-order valence-electron chi connectivity index (χ4n) is 1.23. The van der Waals surface area contributed by atoms with Gasteiger partial charge in [0.2, 0.25) is 5.91 Å². The van der Waals surface area contributed by atoms with Crippen molar-refractivity contribution in [3.63, 3.8) is 0 Å². The van der Waals surface area contributed by atoms with Crippen LogP contribution in [0.3, 0.4) is 0 Å². The maximum atomic E-state index is 11.8. The lowest BCUT2D eigenvalue weighted by Crippen LogP contribution is -2.59. The standard InChI is InChI=1S/C11H24N2O2/c1-5-10(4,12)9(15)13-11(6-2,7-3)8-14/h14H,5-8,12H2,1-4H3,(H,13,15). The molecule has 0 bridgehead atoms. The summed E-state index contributed by atoms with van der Waals surface area (Å²) in [6.45, 7) is 7.42. The van der Waals surface area contributed by atoms with Crippen LogP contribution in [0.4, 0.5) is 0 Å². The molecule has 1 unspecified atom stereocenters. The van der Waals surface area contributed by atoms with Crippen molar-refractivity contribution in [1.29, 1.82) is 0 Å². The Hall–Kier alpha value is -0.610. The van der Waals surface area contributed by atoms with Crippen LogP contribution in [0.1, 0.15) is 47.0 Å². The van der Waals surface area contributed by atoms with E-state index in [1.165, 1.54) is 0 Å². The van der Waals surface area contributed by atoms with Gasteiger partial charge in [-0.3, -0.25) is 4.79 Å². The summed E-state index contributed by atoms with van der Waals surface area (Å²) in [5.74, 6) is -0.192. The van der Waals surface area contributed by atoms with Crippen molar-refractivity contribution < 1.29 is 9.90 Å². The molecule has 0 saturated carbocycles. The van der Waals surface area contributed by atoms with Crippen LogP contribution in [0.15, 0.2) is 0 Å². The Morgan fingerprint density at radius 2 is 1.73 bits per heavy atom. The number of hydrogen-bond donors (Lipinski definition) is 3. The van der Waals surface area contributed by atoms with Gasteiger partial charge in [0.05, 0.1) is 17.7 Å². The molecule has 0 aliphatic heterocycles. The van der Waals surface area contributed by atoms with Crippen LogP contribution < -0.4 is 11.1 Å². The highest BCUT2D eigenvalue weighted by atomic mass is 16.3. The van der Waals surface area contributed by atoms with Gasteiger partial charge in [0.25, 0.3) is 0 Å². The van der Waals surface area contributed by atoms with E-state index >= 15 is 0 Å². The van der Waals surface area contributed by atoms with Gasteiger partial charge in [-0.1, -0.05) is 20.8 Å². The third-order valence-electron chi connectivity index (χ3n) is 3.29. The minimum atomic E-state index is -0.856. The first-order valence-corrected chi connectivity index (χ1v) is 5.59. The monoisotopic (exact) mass is 216 g/mol. The summed E-state index contributed by atoms with van der Waals surface area (Å²) in [4.78, 5) is 11.8. The van der Waals surface area contributed by atoms with Gasteiger partial charge >= 0.3 is 0 Å². The molecule has 0 radical (unpaired) electrons. The molecule has 15 heavy (non-hydrogen) atoms. The molecule has 0 spiro atoms. The normalized spacial score (nSPS) is 15.9. The van der Waals surface area contributed by atoms with Gasteiger partial charge in [-0.15, -0.1) is 0 Å². The fourth-order valence-corrected chi connectivity index (χ4v) is 1.23. The molecule has 4 heteroatoms. The van der Waals surface area contributed by atoms with Crippen molar-refractivity contribution in [3.8, 4) is 0 Å². The molecule has 0 aliphatic rings. The minimum absolute atomic E-state index is 0.0501. The number of carbonyl (C=O) groups is 1. The zero-order chi connectivity index (χ0) is 12.1. The Morgan fingerprint density at radius 3 is 2.00 bits per heavy atom. The third kappa shape index (κ3) is 3.47. The van der Waals surface area contributed by atoms with Crippen molar-refractivity contribution >= 4 is 5.91 Å². The summed E-state index contributed by atoms with van der Waals surface area (Å²) in [6, 6.07) is 0. The van der Waals surface area contributed by atoms with Crippen molar-refractivity contribution in [2.75, 3.05) is 6.61 Å². The maximum Gasteiger partial charge on any atom is 0.240 e. The maximum absolute atomic E-state index is 11.8. The van der Waals surface area contributed by atoms with Crippen LogP contribution in [0.25, 0.3) is 0 Å². The number of rotatable bonds is 6. The summed E-state index contributed by atoms with van der Waals surface area (Å²) in [6.07, 6.45) is 1.98. The molecule has 0 aromatic heterocycles. The van der Waals surface area contributed by atoms with E-state index in [2.05, 4.69) is 5.32 Å². The lowest BCUT2D eigenvalue weighted by atomic mass is 9.91. The van der Waals surface area contributed by atoms with E-state index in [1.54, 1.807) is 6.92 Å². The Bertz CT molecular complexity index is 202. The first-order valence-electron chi connectivity index (χ1n) is 5.59. The highest BCUT2D eigenvalue weighted by Crippen LogP contribution is 2.16. The van der Waals surface area contributed by atoms with Gasteiger partial charge in [0.1, 0.15) is 0 Å². The van der Waals surface area contributed by atoms with E-state index in [0.29, 0.717) is 19.3 Å². The quantitative estimate of drug-likeness (QED) is 0.614. The largest absolute Gasteiger partial charge is 0.394 e. The Labute approximate surface area is 92.2 Å². The number of hydrogen-bond acceptors (Lipinski definition) is 3. The van der Waals surface area contributed by atoms with Crippen LogP contribution in [-0.4, -0.2) is 28.7 Å². The molecular weight excluding hydrogens is 192 g/mol. The second-order valence-corrected chi connectivity index (χ2v) is 4.37. The molecule has 90 valence electrons. The van der Waals surface area contributed by atoms with Gasteiger partial charge < -0.3 is 16.2 Å². The first kappa shape index (κ1) is 14.4. The van der Waals surface area contributed by atoms with Crippen molar-refractivity contribution in [1.82, 2.24) is 5.32 Å². The molecule has 0 aromatic carbocycles. The summed E-state index contributed by atoms with van der Waals surface area (Å²) >= 11 is 0. The lowest BCUT2D eigenvalue weighted by Gasteiger charge is -2.34. The first-order chi connectivity index (χ1) is 6.87. The predicted octanol–water partition coefficient (Wildman–Crippen LogP) is 0.781. The topological polar surface area (TPSA) is 75.3 Å². The van der Waals surface area contributed by atoms with E-state index in [4.69, 9.17) is 5.73 Å². The highest BCUT2D eigenvalue weighted by molar-refractivity contribution is 5.86. The number of nitrogens with one attached hydrogen (secondary N) is 1. The summed E-state index contributed by atoms with van der Waals surface area (Å²) in [7, 11) is 0. The molecule has 0 aromatic rings. The van der Waals surface area contributed by atoms with E-state index in [1.807, 2.05) is 20.8 Å². The lowest BCUT2D eigenvalue weighted by molar-refractivity contribution is -0.128. The number of nitrogens with two attached hydrogens (primary N) is 1. The van der Waals surface area contributed by atoms with E-state index in [0.717, 1.165) is 0 Å². The van der Waals surface area contributed by atoms with Crippen LogP contribution in [0.5, 0.6) is 0 Å². The molecule has 4 nitrogen and oxygen atoms in total. The number of aliphatic hydroxyl groups excluding tert-OH is 1. The third-order valence-corrected chi connectivity index (χ3v) is 3.29. The van der Waals surface area contributed by atoms with Crippen molar-refractivity contribution in [2.24, 2.45) is 5.73 Å². The Kier molecular flexibility index (Phi) is 5.24. The second kappa shape index (κ2) is 5.47. The van der Waals surface area contributed by atoms with Crippen LogP contribution >= 0.6 is 0 Å². The minimum Gasteiger partial charge on any atom is -0.394 e. The zero-order valence-electron chi connectivity index (χ0n) is 10.3. The fraction of sp³-hybridized carbons (Fsp3) is 0.909. The molecule has 0 rings (SSSR count). The van der Waals surface area contributed by atoms with Gasteiger partial charge in [0, 0.05) is 0 Å². The summed E-state index contributed by atoms with van der Waals surface area (Å²) in [5, 5.41) is 12.2. The molecule has 0 saturated heterocycles. The van der Waals surface area contributed by atoms with Crippen LogP contribution in [0.2, 0.25) is 0 Å².